The highest BCUT2D eigenvalue weighted by atomic mass is 16.5. The van der Waals surface area contributed by atoms with Crippen molar-refractivity contribution in [3.05, 3.63) is 36.7 Å². The van der Waals surface area contributed by atoms with E-state index in [1.54, 1.807) is 25.4 Å². The predicted molar refractivity (Wildman–Crippen MR) is 67.1 cm³/mol. The Morgan fingerprint density at radius 2 is 2.41 bits per heavy atom. The number of aromatic nitrogens is 1. The molecule has 0 bridgehead atoms. The molecule has 5 heteroatoms. The first-order valence-corrected chi connectivity index (χ1v) is 5.36. The monoisotopic (exact) mass is 235 g/mol. The summed E-state index contributed by atoms with van der Waals surface area (Å²) < 4.78 is 4.91. The fourth-order valence-electron chi connectivity index (χ4n) is 1.19. The van der Waals surface area contributed by atoms with E-state index in [0.29, 0.717) is 25.4 Å². The van der Waals surface area contributed by atoms with Gasteiger partial charge in [0.15, 0.2) is 0 Å². The third kappa shape index (κ3) is 4.65. The minimum absolute atomic E-state index is 0.201. The van der Waals surface area contributed by atoms with Crippen molar-refractivity contribution in [3.63, 3.8) is 0 Å². The smallest absolute Gasteiger partial charge is 0.270 e. The highest BCUT2D eigenvalue weighted by Gasteiger charge is 2.04. The Morgan fingerprint density at radius 3 is 3.00 bits per heavy atom. The molecule has 5 nitrogen and oxygen atoms in total. The molecule has 2 N–H and O–H groups in total. The number of hydrogen-bond acceptors (Lipinski definition) is 4. The van der Waals surface area contributed by atoms with E-state index in [1.807, 2.05) is 6.07 Å². The van der Waals surface area contributed by atoms with Crippen molar-refractivity contribution in [2.45, 2.75) is 0 Å². The van der Waals surface area contributed by atoms with E-state index in [0.717, 1.165) is 5.69 Å². The van der Waals surface area contributed by atoms with Crippen LogP contribution in [0.15, 0.2) is 31.0 Å². The van der Waals surface area contributed by atoms with Gasteiger partial charge in [-0.3, -0.25) is 4.79 Å². The number of carbonyl (C=O) groups is 1. The summed E-state index contributed by atoms with van der Waals surface area (Å²) in [6, 6.07) is 3.49. The van der Waals surface area contributed by atoms with Gasteiger partial charge in [-0.1, -0.05) is 6.08 Å². The summed E-state index contributed by atoms with van der Waals surface area (Å²) in [5.74, 6) is -0.201. The zero-order chi connectivity index (χ0) is 12.5. The van der Waals surface area contributed by atoms with E-state index in [1.165, 1.54) is 0 Å². The van der Waals surface area contributed by atoms with Gasteiger partial charge in [-0.15, -0.1) is 6.58 Å². The molecular formula is C12H17N3O2. The highest BCUT2D eigenvalue weighted by Crippen LogP contribution is 2.05. The van der Waals surface area contributed by atoms with E-state index in [9.17, 15) is 4.79 Å². The lowest BCUT2D eigenvalue weighted by Gasteiger charge is -2.06. The van der Waals surface area contributed by atoms with E-state index < -0.39 is 0 Å². The van der Waals surface area contributed by atoms with Crippen molar-refractivity contribution >= 4 is 11.6 Å². The Morgan fingerprint density at radius 1 is 1.59 bits per heavy atom. The summed E-state index contributed by atoms with van der Waals surface area (Å²) in [4.78, 5) is 15.6. The number of anilines is 1. The van der Waals surface area contributed by atoms with Crippen LogP contribution >= 0.6 is 0 Å². The quantitative estimate of drug-likeness (QED) is 0.548. The molecule has 1 amide bonds. The molecule has 92 valence electrons. The van der Waals surface area contributed by atoms with Gasteiger partial charge >= 0.3 is 0 Å². The minimum Gasteiger partial charge on any atom is -0.383 e. The van der Waals surface area contributed by atoms with Crippen LogP contribution in [0.25, 0.3) is 0 Å². The number of rotatable bonds is 7. The first-order chi connectivity index (χ1) is 8.27. The number of hydrogen-bond donors (Lipinski definition) is 2. The van der Waals surface area contributed by atoms with E-state index >= 15 is 0 Å². The lowest BCUT2D eigenvalue weighted by Crippen LogP contribution is -2.24. The number of methoxy groups -OCH3 is 1. The molecule has 0 aliphatic rings. The Labute approximate surface area is 101 Å². The van der Waals surface area contributed by atoms with Gasteiger partial charge in [-0.05, 0) is 12.1 Å². The zero-order valence-corrected chi connectivity index (χ0v) is 9.90. The summed E-state index contributed by atoms with van der Waals surface area (Å²) in [6.45, 7) is 5.30. The largest absolute Gasteiger partial charge is 0.383 e. The van der Waals surface area contributed by atoms with Crippen LogP contribution in [0.3, 0.4) is 0 Å². The summed E-state index contributed by atoms with van der Waals surface area (Å²) in [7, 11) is 1.65. The maximum absolute atomic E-state index is 11.5. The lowest BCUT2D eigenvalue weighted by atomic mass is 10.3. The summed E-state index contributed by atoms with van der Waals surface area (Å²) in [5.41, 5.74) is 1.26. The third-order valence-corrected chi connectivity index (χ3v) is 2.04. The zero-order valence-electron chi connectivity index (χ0n) is 9.90. The van der Waals surface area contributed by atoms with Crippen molar-refractivity contribution in [2.24, 2.45) is 0 Å². The molecule has 17 heavy (non-hydrogen) atoms. The number of pyridine rings is 1. The van der Waals surface area contributed by atoms with Crippen LogP contribution < -0.4 is 10.6 Å². The number of nitrogens with zero attached hydrogens (tertiary/aromatic N) is 1. The molecule has 1 aromatic heterocycles. The second-order valence-electron chi connectivity index (χ2n) is 3.35. The molecule has 0 spiro atoms. The van der Waals surface area contributed by atoms with Crippen LogP contribution in [0.5, 0.6) is 0 Å². The summed E-state index contributed by atoms with van der Waals surface area (Å²) >= 11 is 0. The fourth-order valence-corrected chi connectivity index (χ4v) is 1.19. The Kier molecular flexibility index (Phi) is 5.74. The van der Waals surface area contributed by atoms with Gasteiger partial charge in [-0.2, -0.15) is 0 Å². The molecule has 0 aliphatic carbocycles. The molecule has 0 saturated carbocycles. The summed E-state index contributed by atoms with van der Waals surface area (Å²) in [5, 5.41) is 5.78. The Hall–Kier alpha value is -1.88. The van der Waals surface area contributed by atoms with Crippen molar-refractivity contribution < 1.29 is 9.53 Å². The fraction of sp³-hybridized carbons (Fsp3) is 0.333. The molecule has 1 aromatic rings. The first-order valence-electron chi connectivity index (χ1n) is 5.36. The second-order valence-corrected chi connectivity index (χ2v) is 3.35. The van der Waals surface area contributed by atoms with Gasteiger partial charge in [0.05, 0.1) is 18.5 Å². The average Bonchev–Trinajstić information content (AvgIpc) is 2.37. The van der Waals surface area contributed by atoms with Crippen LogP contribution in [0.1, 0.15) is 10.5 Å². The molecule has 0 radical (unpaired) electrons. The highest BCUT2D eigenvalue weighted by molar-refractivity contribution is 5.92. The molecule has 0 saturated heterocycles. The average molecular weight is 235 g/mol. The van der Waals surface area contributed by atoms with Crippen LogP contribution in [0, 0.1) is 0 Å². The molecule has 1 heterocycles. The van der Waals surface area contributed by atoms with E-state index in [-0.39, 0.29) is 5.91 Å². The Balaban J connectivity index is 2.49. The Bertz CT molecular complexity index is 363. The minimum atomic E-state index is -0.201. The molecule has 0 aromatic carbocycles. The van der Waals surface area contributed by atoms with Gasteiger partial charge in [0, 0.05) is 20.2 Å². The van der Waals surface area contributed by atoms with Crippen LogP contribution in [0.4, 0.5) is 5.69 Å². The van der Waals surface area contributed by atoms with Crippen LogP contribution in [0.2, 0.25) is 0 Å². The van der Waals surface area contributed by atoms with Crippen molar-refractivity contribution in [1.82, 2.24) is 10.3 Å². The van der Waals surface area contributed by atoms with Gasteiger partial charge < -0.3 is 15.4 Å². The van der Waals surface area contributed by atoms with Gasteiger partial charge in [-0.25, -0.2) is 4.98 Å². The molecule has 1 rings (SSSR count). The van der Waals surface area contributed by atoms with E-state index in [4.69, 9.17) is 4.74 Å². The standard InChI is InChI=1S/C12H17N3O2/c1-3-6-14-12(16)11-5-4-10(9-15-11)13-7-8-17-2/h3-5,9,13H,1,6-8H2,2H3,(H,14,16). The van der Waals surface area contributed by atoms with Gasteiger partial charge in [0.1, 0.15) is 5.69 Å². The van der Waals surface area contributed by atoms with Crippen LogP contribution in [-0.2, 0) is 4.74 Å². The number of carbonyl (C=O) groups excluding carboxylic acids is 1. The predicted octanol–water partition coefficient (Wildman–Crippen LogP) is 1.06. The number of nitrogens with one attached hydrogen (secondary N) is 2. The molecule has 0 fully saturated rings. The normalized spacial score (nSPS) is 9.71. The maximum atomic E-state index is 11.5. The van der Waals surface area contributed by atoms with Crippen LogP contribution in [-0.4, -0.2) is 37.7 Å². The number of ether oxygens (including phenoxy) is 1. The molecule has 0 unspecified atom stereocenters. The van der Waals surface area contributed by atoms with Gasteiger partial charge in [0.25, 0.3) is 5.91 Å². The lowest BCUT2D eigenvalue weighted by molar-refractivity contribution is 0.0953. The topological polar surface area (TPSA) is 63.2 Å². The van der Waals surface area contributed by atoms with E-state index in [2.05, 4.69) is 22.2 Å². The third-order valence-electron chi connectivity index (χ3n) is 2.04. The van der Waals surface area contributed by atoms with Gasteiger partial charge in [0.2, 0.25) is 0 Å². The second kappa shape index (κ2) is 7.40. The number of amides is 1. The summed E-state index contributed by atoms with van der Waals surface area (Å²) in [6.07, 6.45) is 3.25. The van der Waals surface area contributed by atoms with Crippen molar-refractivity contribution in [1.29, 1.82) is 0 Å². The first kappa shape index (κ1) is 13.2. The molecule has 0 atom stereocenters. The van der Waals surface area contributed by atoms with Crippen molar-refractivity contribution in [2.75, 3.05) is 32.1 Å². The maximum Gasteiger partial charge on any atom is 0.270 e. The SMILES string of the molecule is C=CCNC(=O)c1ccc(NCCOC)cn1. The molecule has 0 aliphatic heterocycles. The molecular weight excluding hydrogens is 218 g/mol. The van der Waals surface area contributed by atoms with Crippen molar-refractivity contribution in [3.8, 4) is 0 Å².